The van der Waals surface area contributed by atoms with Gasteiger partial charge in [0.05, 0.1) is 44.4 Å². The normalized spacial score (nSPS) is 11.4. The van der Waals surface area contributed by atoms with Gasteiger partial charge < -0.3 is 23.3 Å². The van der Waals surface area contributed by atoms with E-state index < -0.39 is 5.97 Å². The summed E-state index contributed by atoms with van der Waals surface area (Å²) >= 11 is 3.78. The number of aromatic nitrogens is 4. The maximum absolute atomic E-state index is 12.1. The van der Waals surface area contributed by atoms with Crippen molar-refractivity contribution in [2.24, 2.45) is 0 Å². The Hall–Kier alpha value is -3.17. The number of benzene rings is 2. The summed E-state index contributed by atoms with van der Waals surface area (Å²) in [6, 6.07) is 10.5. The van der Waals surface area contributed by atoms with Crippen molar-refractivity contribution in [1.29, 1.82) is 0 Å². The quantitative estimate of drug-likeness (QED) is 0.269. The van der Waals surface area contributed by atoms with Crippen LogP contribution in [0.1, 0.15) is 41.4 Å². The van der Waals surface area contributed by atoms with Gasteiger partial charge in [0.15, 0.2) is 0 Å². The molecule has 0 spiro atoms. The molecule has 0 saturated carbocycles. The van der Waals surface area contributed by atoms with Crippen LogP contribution in [0.4, 0.5) is 0 Å². The van der Waals surface area contributed by atoms with E-state index in [4.69, 9.17) is 19.2 Å². The topological polar surface area (TPSA) is 80.4 Å². The molecule has 0 fully saturated rings. The molecule has 0 saturated heterocycles. The van der Waals surface area contributed by atoms with Crippen LogP contribution >= 0.6 is 15.9 Å². The summed E-state index contributed by atoms with van der Waals surface area (Å²) in [6.45, 7) is 5.89. The number of halogens is 1. The summed E-state index contributed by atoms with van der Waals surface area (Å²) in [5.74, 6) is 1.53. The fourth-order valence-electron chi connectivity index (χ4n) is 4.11. The van der Waals surface area contributed by atoms with E-state index in [2.05, 4.69) is 63.6 Å². The number of ether oxygens (including phenoxy) is 3. The summed E-state index contributed by atoms with van der Waals surface area (Å²) in [6.07, 6.45) is 3.10. The van der Waals surface area contributed by atoms with E-state index in [0.717, 1.165) is 32.5 Å². The molecule has 35 heavy (non-hydrogen) atoms. The molecule has 2 aromatic carbocycles. The van der Waals surface area contributed by atoms with Crippen LogP contribution in [0.15, 0.2) is 47.3 Å². The minimum absolute atomic E-state index is 0.370. The first-order valence-electron chi connectivity index (χ1n) is 11.3. The first-order valence-corrected chi connectivity index (χ1v) is 12.1. The third-order valence-corrected chi connectivity index (χ3v) is 6.90. The largest absolute Gasteiger partial charge is 0.494 e. The number of methoxy groups -OCH3 is 3. The molecule has 0 N–H and O–H groups in total. The molecule has 0 aliphatic rings. The molecule has 9 heteroatoms. The minimum atomic E-state index is -0.442. The highest BCUT2D eigenvalue weighted by atomic mass is 79.9. The Morgan fingerprint density at radius 2 is 1.89 bits per heavy atom. The first-order chi connectivity index (χ1) is 16.9. The van der Waals surface area contributed by atoms with Gasteiger partial charge in [0, 0.05) is 19.2 Å². The van der Waals surface area contributed by atoms with E-state index in [1.807, 2.05) is 6.07 Å². The van der Waals surface area contributed by atoms with E-state index in [1.54, 1.807) is 25.1 Å². The van der Waals surface area contributed by atoms with Gasteiger partial charge in [-0.25, -0.2) is 14.8 Å². The Morgan fingerprint density at radius 1 is 1.14 bits per heavy atom. The summed E-state index contributed by atoms with van der Waals surface area (Å²) in [4.78, 5) is 21.3. The molecule has 0 aliphatic carbocycles. The van der Waals surface area contributed by atoms with Crippen molar-refractivity contribution in [1.82, 2.24) is 19.1 Å². The molecule has 4 aromatic rings. The van der Waals surface area contributed by atoms with E-state index in [-0.39, 0.29) is 0 Å². The van der Waals surface area contributed by atoms with Gasteiger partial charge in [0.1, 0.15) is 28.3 Å². The zero-order valence-electron chi connectivity index (χ0n) is 20.5. The fourth-order valence-corrected chi connectivity index (χ4v) is 4.63. The third kappa shape index (κ3) is 4.83. The van der Waals surface area contributed by atoms with E-state index >= 15 is 0 Å². The highest BCUT2D eigenvalue weighted by Gasteiger charge is 2.22. The molecule has 0 radical (unpaired) electrons. The van der Waals surface area contributed by atoms with Crippen LogP contribution in [0, 0.1) is 0 Å². The molecule has 2 aromatic heterocycles. The van der Waals surface area contributed by atoms with E-state index in [1.165, 1.54) is 18.9 Å². The number of hydrogen-bond acceptors (Lipinski definition) is 6. The number of imidazole rings is 2. The van der Waals surface area contributed by atoms with Gasteiger partial charge in [-0.15, -0.1) is 0 Å². The molecule has 2 heterocycles. The minimum Gasteiger partial charge on any atom is -0.494 e. The van der Waals surface area contributed by atoms with Gasteiger partial charge >= 0.3 is 5.97 Å². The maximum atomic E-state index is 12.1. The molecule has 0 atom stereocenters. The molecular weight excluding hydrogens is 512 g/mol. The fraction of sp³-hybridized carbons (Fsp3) is 0.346. The zero-order chi connectivity index (χ0) is 25.1. The average Bonchev–Trinajstić information content (AvgIpc) is 3.49. The van der Waals surface area contributed by atoms with E-state index in [0.29, 0.717) is 37.1 Å². The zero-order valence-corrected chi connectivity index (χ0v) is 22.1. The number of rotatable bonds is 9. The molecular formula is C26H29BrN4O4. The Morgan fingerprint density at radius 3 is 2.51 bits per heavy atom. The lowest BCUT2D eigenvalue weighted by molar-refractivity contribution is 0.0589. The van der Waals surface area contributed by atoms with Crippen molar-refractivity contribution in [3.05, 3.63) is 64.1 Å². The van der Waals surface area contributed by atoms with Gasteiger partial charge in [-0.3, -0.25) is 0 Å². The van der Waals surface area contributed by atoms with Crippen molar-refractivity contribution < 1.29 is 19.0 Å². The number of nitrogens with zero attached hydrogens (tertiary/aromatic N) is 4. The van der Waals surface area contributed by atoms with Gasteiger partial charge in [-0.1, -0.05) is 38.1 Å². The molecule has 4 rings (SSSR count). The van der Waals surface area contributed by atoms with Gasteiger partial charge in [-0.2, -0.15) is 0 Å². The second-order valence-corrected chi connectivity index (χ2v) is 9.30. The summed E-state index contributed by atoms with van der Waals surface area (Å²) in [5.41, 5.74) is 5.21. The molecule has 8 nitrogen and oxygen atoms in total. The van der Waals surface area contributed by atoms with Crippen molar-refractivity contribution >= 4 is 32.9 Å². The van der Waals surface area contributed by atoms with Gasteiger partial charge in [0.25, 0.3) is 0 Å². The van der Waals surface area contributed by atoms with Crippen LogP contribution in [0.2, 0.25) is 0 Å². The lowest BCUT2D eigenvalue weighted by Crippen LogP contribution is -2.11. The van der Waals surface area contributed by atoms with Crippen molar-refractivity contribution in [2.45, 2.75) is 32.9 Å². The van der Waals surface area contributed by atoms with Crippen LogP contribution < -0.4 is 4.74 Å². The molecule has 184 valence electrons. The van der Waals surface area contributed by atoms with Crippen molar-refractivity contribution in [2.75, 3.05) is 27.9 Å². The summed E-state index contributed by atoms with van der Waals surface area (Å²) in [5, 5.41) is 0. The number of fused-ring (bicyclic) bond motifs is 1. The molecule has 0 unspecified atom stereocenters. The van der Waals surface area contributed by atoms with Gasteiger partial charge in [-0.05, 0) is 39.0 Å². The SMILES string of the molecule is COCCn1c(-c2ccc(C(C)C)cc2)nc2c(Br)c(Cn3cncc3C(=O)OC)cc(OC)c21. The van der Waals surface area contributed by atoms with Crippen LogP contribution in [0.3, 0.4) is 0 Å². The van der Waals surface area contributed by atoms with Gasteiger partial charge in [0.2, 0.25) is 0 Å². The molecule has 0 amide bonds. The Bertz CT molecular complexity index is 1340. The Kier molecular flexibility index (Phi) is 7.57. The first kappa shape index (κ1) is 24.9. The Balaban J connectivity index is 1.87. The maximum Gasteiger partial charge on any atom is 0.356 e. The summed E-state index contributed by atoms with van der Waals surface area (Å²) in [7, 11) is 4.69. The van der Waals surface area contributed by atoms with Crippen LogP contribution in [-0.4, -0.2) is 53.0 Å². The molecule has 0 bridgehead atoms. The Labute approximate surface area is 213 Å². The predicted molar refractivity (Wildman–Crippen MR) is 138 cm³/mol. The average molecular weight is 541 g/mol. The second kappa shape index (κ2) is 10.6. The number of esters is 1. The lowest BCUT2D eigenvalue weighted by atomic mass is 10.0. The molecule has 0 aliphatic heterocycles. The standard InChI is InChI=1S/C26H29BrN4O4/c1-16(2)17-6-8-18(9-7-17)25-29-23-22(27)19(14-30-15-28-13-20(30)26(32)35-5)12-21(34-4)24(23)31(25)10-11-33-3/h6-9,12-13,15-16H,10-11,14H2,1-5H3. The van der Waals surface area contributed by atoms with Crippen LogP contribution in [-0.2, 0) is 22.6 Å². The second-order valence-electron chi connectivity index (χ2n) is 8.50. The van der Waals surface area contributed by atoms with Crippen LogP contribution in [0.5, 0.6) is 5.75 Å². The van der Waals surface area contributed by atoms with E-state index in [9.17, 15) is 4.79 Å². The lowest BCUT2D eigenvalue weighted by Gasteiger charge is -2.14. The monoisotopic (exact) mass is 540 g/mol. The third-order valence-electron chi connectivity index (χ3n) is 6.02. The highest BCUT2D eigenvalue weighted by molar-refractivity contribution is 9.10. The number of carbonyl (C=O) groups excluding carboxylic acids is 1. The van der Waals surface area contributed by atoms with Crippen molar-refractivity contribution in [3.63, 3.8) is 0 Å². The van der Waals surface area contributed by atoms with Crippen molar-refractivity contribution in [3.8, 4) is 17.1 Å². The number of carbonyl (C=O) groups is 1. The predicted octanol–water partition coefficient (Wildman–Crippen LogP) is 5.28. The van der Waals surface area contributed by atoms with Crippen LogP contribution in [0.25, 0.3) is 22.4 Å². The number of hydrogen-bond donors (Lipinski definition) is 0. The summed E-state index contributed by atoms with van der Waals surface area (Å²) < 4.78 is 20.8. The smallest absolute Gasteiger partial charge is 0.356 e. The highest BCUT2D eigenvalue weighted by Crippen LogP contribution is 2.38.